The largest absolute Gasteiger partial charge is 0.471 e. The first kappa shape index (κ1) is 15.4. The van der Waals surface area contributed by atoms with E-state index < -0.39 is 19.0 Å². The molecule has 0 amide bonds. The van der Waals surface area contributed by atoms with Crippen molar-refractivity contribution in [2.75, 3.05) is 18.9 Å². The molecule has 9 heteroatoms. The van der Waals surface area contributed by atoms with E-state index in [9.17, 15) is 17.6 Å². The normalized spacial score (nSPS) is 11.9. The van der Waals surface area contributed by atoms with Crippen LogP contribution in [0, 0.1) is 0 Å². The summed E-state index contributed by atoms with van der Waals surface area (Å²) in [5.74, 6) is -4.46. The minimum absolute atomic E-state index is 0.0170. The summed E-state index contributed by atoms with van der Waals surface area (Å²) < 4.78 is 58.7. The molecule has 108 valence electrons. The second-order valence-electron chi connectivity index (χ2n) is 3.53. The summed E-state index contributed by atoms with van der Waals surface area (Å²) in [5.41, 5.74) is 5.41. The molecule has 0 saturated carbocycles. The zero-order valence-corrected chi connectivity index (χ0v) is 10.1. The molecule has 1 rings (SSSR count). The molecule has 0 saturated heterocycles. The molecular weight excluding hydrogens is 270 g/mol. The molecule has 0 aliphatic heterocycles. The Morgan fingerprint density at radius 3 is 2.63 bits per heavy atom. The Bertz CT molecular complexity index is 418. The van der Waals surface area contributed by atoms with Crippen LogP contribution in [0.3, 0.4) is 0 Å². The summed E-state index contributed by atoms with van der Waals surface area (Å²) in [7, 11) is 0. The monoisotopic (exact) mass is 283 g/mol. The summed E-state index contributed by atoms with van der Waals surface area (Å²) in [6, 6.07) is 1.07. The minimum Gasteiger partial charge on any atom is -0.471 e. The zero-order chi connectivity index (χ0) is 14.5. The van der Waals surface area contributed by atoms with E-state index in [1.54, 1.807) is 6.92 Å². The molecule has 0 bridgehead atoms. The number of hydrogen-bond acceptors (Lipinski definition) is 5. The number of halogens is 4. The second-order valence-corrected chi connectivity index (χ2v) is 3.53. The van der Waals surface area contributed by atoms with Crippen LogP contribution in [0.25, 0.3) is 0 Å². The molecule has 0 aliphatic carbocycles. The summed E-state index contributed by atoms with van der Waals surface area (Å²) in [4.78, 5) is 7.49. The van der Waals surface area contributed by atoms with Gasteiger partial charge in [-0.15, -0.1) is 0 Å². The first-order chi connectivity index (χ1) is 8.85. The lowest BCUT2D eigenvalue weighted by molar-refractivity contribution is -0.148. The molecule has 1 aromatic heterocycles. The van der Waals surface area contributed by atoms with E-state index in [-0.39, 0.29) is 24.1 Å². The van der Waals surface area contributed by atoms with Gasteiger partial charge in [-0.25, -0.2) is 13.8 Å². The van der Waals surface area contributed by atoms with E-state index >= 15 is 0 Å². The predicted molar refractivity (Wildman–Crippen MR) is 58.2 cm³/mol. The highest BCUT2D eigenvalue weighted by atomic mass is 19.3. The van der Waals surface area contributed by atoms with Gasteiger partial charge in [0.25, 0.3) is 0 Å². The van der Waals surface area contributed by atoms with Gasteiger partial charge in [0.05, 0.1) is 0 Å². The first-order valence-corrected chi connectivity index (χ1v) is 5.35. The van der Waals surface area contributed by atoms with Crippen LogP contribution in [0.2, 0.25) is 0 Å². The smallest absolute Gasteiger partial charge is 0.340 e. The van der Waals surface area contributed by atoms with Crippen molar-refractivity contribution in [3.8, 4) is 5.88 Å². The Morgan fingerprint density at radius 2 is 2.05 bits per heavy atom. The molecule has 0 radical (unpaired) electrons. The van der Waals surface area contributed by atoms with Crippen molar-refractivity contribution >= 4 is 5.82 Å². The lowest BCUT2D eigenvalue weighted by Gasteiger charge is -2.15. The lowest BCUT2D eigenvalue weighted by atomic mass is 10.4. The van der Waals surface area contributed by atoms with Crippen molar-refractivity contribution in [2.24, 2.45) is 0 Å². The average Bonchev–Trinajstić information content (AvgIpc) is 2.33. The molecule has 0 fully saturated rings. The van der Waals surface area contributed by atoms with Gasteiger partial charge in [-0.1, -0.05) is 0 Å². The lowest BCUT2D eigenvalue weighted by Crippen LogP contribution is -2.34. The Morgan fingerprint density at radius 1 is 1.37 bits per heavy atom. The van der Waals surface area contributed by atoms with E-state index in [1.807, 2.05) is 0 Å². The van der Waals surface area contributed by atoms with Gasteiger partial charge in [0.1, 0.15) is 12.4 Å². The zero-order valence-electron chi connectivity index (χ0n) is 10.1. The number of nitrogen functional groups attached to an aromatic ring is 1. The molecular formula is C10H13F4N3O2. The highest BCUT2D eigenvalue weighted by Crippen LogP contribution is 2.24. The van der Waals surface area contributed by atoms with Crippen LogP contribution in [0.15, 0.2) is 6.07 Å². The Balaban J connectivity index is 2.70. The fourth-order valence-corrected chi connectivity index (χ4v) is 1.06. The van der Waals surface area contributed by atoms with Crippen molar-refractivity contribution in [3.05, 3.63) is 11.9 Å². The molecule has 1 aromatic rings. The summed E-state index contributed by atoms with van der Waals surface area (Å²) in [5, 5.41) is 0. The third-order valence-corrected chi connectivity index (χ3v) is 1.94. The highest BCUT2D eigenvalue weighted by molar-refractivity contribution is 5.32. The molecule has 0 aromatic carbocycles. The Hall–Kier alpha value is -1.64. The number of rotatable bonds is 7. The number of ether oxygens (including phenoxy) is 2. The second kappa shape index (κ2) is 6.50. The highest BCUT2D eigenvalue weighted by Gasteiger charge is 2.41. The van der Waals surface area contributed by atoms with Crippen molar-refractivity contribution in [1.82, 2.24) is 9.97 Å². The maximum atomic E-state index is 12.7. The first-order valence-electron chi connectivity index (χ1n) is 5.35. The van der Waals surface area contributed by atoms with Gasteiger partial charge < -0.3 is 15.2 Å². The van der Waals surface area contributed by atoms with Crippen molar-refractivity contribution < 1.29 is 27.0 Å². The van der Waals surface area contributed by atoms with Crippen LogP contribution in [0.4, 0.5) is 23.4 Å². The summed E-state index contributed by atoms with van der Waals surface area (Å²) >= 11 is 0. The standard InChI is InChI=1S/C10H13F4N3O2/c1-2-18-4-7-16-6(15)3-8(17-7)19-5-10(13,14)9(11)12/h3,9H,2,4-5H2,1H3,(H2,15,16,17). The molecule has 0 spiro atoms. The molecule has 1 heterocycles. The van der Waals surface area contributed by atoms with Gasteiger partial charge in [0.2, 0.25) is 5.88 Å². The SMILES string of the molecule is CCOCc1nc(N)cc(OCC(F)(F)C(F)F)n1. The van der Waals surface area contributed by atoms with Crippen LogP contribution < -0.4 is 10.5 Å². The Labute approximate surface area is 106 Å². The van der Waals surface area contributed by atoms with Crippen LogP contribution in [0.5, 0.6) is 5.88 Å². The van der Waals surface area contributed by atoms with Crippen LogP contribution in [-0.4, -0.2) is 35.5 Å². The van der Waals surface area contributed by atoms with Crippen molar-refractivity contribution in [1.29, 1.82) is 0 Å². The number of anilines is 1. The van der Waals surface area contributed by atoms with Gasteiger partial charge >= 0.3 is 12.3 Å². The molecule has 19 heavy (non-hydrogen) atoms. The molecule has 0 atom stereocenters. The minimum atomic E-state index is -4.25. The third-order valence-electron chi connectivity index (χ3n) is 1.94. The quantitative estimate of drug-likeness (QED) is 0.774. The summed E-state index contributed by atoms with van der Waals surface area (Å²) in [6.45, 7) is 0.670. The van der Waals surface area contributed by atoms with Crippen molar-refractivity contribution in [3.63, 3.8) is 0 Å². The molecule has 2 N–H and O–H groups in total. The number of alkyl halides is 4. The van der Waals surface area contributed by atoms with Gasteiger partial charge in [-0.3, -0.25) is 0 Å². The van der Waals surface area contributed by atoms with Gasteiger partial charge in [0, 0.05) is 12.7 Å². The predicted octanol–water partition coefficient (Wildman–Crippen LogP) is 1.87. The molecule has 0 aliphatic rings. The number of aromatic nitrogens is 2. The average molecular weight is 283 g/mol. The van der Waals surface area contributed by atoms with Gasteiger partial charge in [-0.2, -0.15) is 13.8 Å². The fourth-order valence-electron chi connectivity index (χ4n) is 1.06. The van der Waals surface area contributed by atoms with Crippen LogP contribution in [-0.2, 0) is 11.3 Å². The summed E-state index contributed by atoms with van der Waals surface area (Å²) in [6.07, 6.45) is -3.81. The van der Waals surface area contributed by atoms with E-state index in [0.29, 0.717) is 6.61 Å². The van der Waals surface area contributed by atoms with E-state index in [1.165, 1.54) is 0 Å². The van der Waals surface area contributed by atoms with E-state index in [2.05, 4.69) is 14.7 Å². The fraction of sp³-hybridized carbons (Fsp3) is 0.600. The van der Waals surface area contributed by atoms with Crippen molar-refractivity contribution in [2.45, 2.75) is 25.9 Å². The Kier molecular flexibility index (Phi) is 5.28. The molecule has 0 unspecified atom stereocenters. The van der Waals surface area contributed by atoms with E-state index in [4.69, 9.17) is 10.5 Å². The third kappa shape index (κ3) is 4.86. The van der Waals surface area contributed by atoms with E-state index in [0.717, 1.165) is 6.07 Å². The topological polar surface area (TPSA) is 70.3 Å². The number of hydrogen-bond donors (Lipinski definition) is 1. The van der Waals surface area contributed by atoms with Crippen LogP contribution >= 0.6 is 0 Å². The van der Waals surface area contributed by atoms with Gasteiger partial charge in [0.15, 0.2) is 12.4 Å². The maximum absolute atomic E-state index is 12.7. The molecule has 5 nitrogen and oxygen atoms in total. The van der Waals surface area contributed by atoms with Crippen LogP contribution in [0.1, 0.15) is 12.7 Å². The number of nitrogens with two attached hydrogens (primary N) is 1. The van der Waals surface area contributed by atoms with Gasteiger partial charge in [-0.05, 0) is 6.92 Å². The maximum Gasteiger partial charge on any atom is 0.340 e. The number of nitrogens with zero attached hydrogens (tertiary/aromatic N) is 2.